The summed E-state index contributed by atoms with van der Waals surface area (Å²) in [6.07, 6.45) is 1.54. The molecule has 0 bridgehead atoms. The van der Waals surface area contributed by atoms with Gasteiger partial charge < -0.3 is 0 Å². The molecule has 0 amide bonds. The molecule has 4 rings (SSSR count). The van der Waals surface area contributed by atoms with E-state index in [9.17, 15) is 12.8 Å². The maximum Gasteiger partial charge on any atom is 0.209 e. The Morgan fingerprint density at radius 2 is 1.56 bits per heavy atom. The predicted octanol–water partition coefficient (Wildman–Crippen LogP) is 5.41. The van der Waals surface area contributed by atoms with Crippen molar-refractivity contribution in [3.63, 3.8) is 0 Å². The number of hydrogen-bond donors (Lipinski definition) is 0. The summed E-state index contributed by atoms with van der Waals surface area (Å²) in [6.45, 7) is 0. The van der Waals surface area contributed by atoms with Crippen LogP contribution in [0.4, 0.5) is 4.39 Å². The molecule has 134 valence electrons. The normalized spacial score (nSPS) is 12.4. The number of thiazole rings is 1. The van der Waals surface area contributed by atoms with Crippen LogP contribution < -0.4 is 0 Å². The highest BCUT2D eigenvalue weighted by Gasteiger charge is 2.25. The summed E-state index contributed by atoms with van der Waals surface area (Å²) in [7, 11) is -3.79. The van der Waals surface area contributed by atoms with Gasteiger partial charge in [-0.1, -0.05) is 42.5 Å². The molecule has 0 aliphatic rings. The van der Waals surface area contributed by atoms with Gasteiger partial charge in [0.2, 0.25) is 9.84 Å². The van der Waals surface area contributed by atoms with Gasteiger partial charge in [0.1, 0.15) is 15.7 Å². The quantitative estimate of drug-likeness (QED) is 0.464. The fourth-order valence-electron chi connectivity index (χ4n) is 2.67. The van der Waals surface area contributed by atoms with Crippen molar-refractivity contribution in [1.82, 2.24) is 4.98 Å². The van der Waals surface area contributed by atoms with Gasteiger partial charge in [0.05, 0.1) is 15.1 Å². The number of aromatic nitrogens is 1. The highest BCUT2D eigenvalue weighted by Crippen LogP contribution is 2.34. The van der Waals surface area contributed by atoms with Gasteiger partial charge in [-0.3, -0.25) is 0 Å². The summed E-state index contributed by atoms with van der Waals surface area (Å²) >= 11 is 1.32. The molecule has 27 heavy (non-hydrogen) atoms. The lowest BCUT2D eigenvalue weighted by Gasteiger charge is -2.07. The Morgan fingerprint density at radius 1 is 0.889 bits per heavy atom. The molecule has 0 aliphatic carbocycles. The fourth-order valence-corrected chi connectivity index (χ4v) is 5.34. The van der Waals surface area contributed by atoms with E-state index in [-0.39, 0.29) is 15.6 Å². The molecular formula is C21H14FNO2S2. The minimum Gasteiger partial charge on any atom is -0.235 e. The van der Waals surface area contributed by atoms with Crippen molar-refractivity contribution in [2.24, 2.45) is 0 Å². The first-order valence-corrected chi connectivity index (χ1v) is 10.5. The number of nitrogens with zero attached hydrogens (tertiary/aromatic N) is 1. The van der Waals surface area contributed by atoms with E-state index in [4.69, 9.17) is 0 Å². The zero-order chi connectivity index (χ0) is 18.9. The topological polar surface area (TPSA) is 47.0 Å². The van der Waals surface area contributed by atoms with Crippen LogP contribution in [0, 0.1) is 5.82 Å². The van der Waals surface area contributed by atoms with E-state index in [1.165, 1.54) is 23.5 Å². The average Bonchev–Trinajstić information content (AvgIpc) is 3.11. The van der Waals surface area contributed by atoms with E-state index in [2.05, 4.69) is 4.98 Å². The molecule has 0 aliphatic heterocycles. The van der Waals surface area contributed by atoms with E-state index in [0.29, 0.717) is 10.6 Å². The molecule has 0 radical (unpaired) electrons. The molecule has 0 N–H and O–H groups in total. The highest BCUT2D eigenvalue weighted by atomic mass is 32.2. The van der Waals surface area contributed by atoms with E-state index in [1.807, 2.05) is 24.3 Å². The summed E-state index contributed by atoms with van der Waals surface area (Å²) < 4.78 is 40.8. The maximum atomic E-state index is 13.3. The number of rotatable bonds is 4. The van der Waals surface area contributed by atoms with Gasteiger partial charge in [0, 0.05) is 0 Å². The Kier molecular flexibility index (Phi) is 4.59. The number of para-hydroxylation sites is 1. The van der Waals surface area contributed by atoms with Crippen molar-refractivity contribution in [2.75, 3.05) is 0 Å². The summed E-state index contributed by atoms with van der Waals surface area (Å²) in [5, 5.41) is 0.407. The number of halogens is 1. The van der Waals surface area contributed by atoms with E-state index < -0.39 is 9.84 Å². The Balaban J connectivity index is 1.93. The second-order valence-electron chi connectivity index (χ2n) is 5.86. The molecule has 0 spiro atoms. The smallest absolute Gasteiger partial charge is 0.209 e. The Labute approximate surface area is 160 Å². The number of hydrogen-bond acceptors (Lipinski definition) is 4. The lowest BCUT2D eigenvalue weighted by molar-refractivity contribution is 0.606. The second-order valence-corrected chi connectivity index (χ2v) is 8.81. The van der Waals surface area contributed by atoms with Gasteiger partial charge in [-0.2, -0.15) is 0 Å². The van der Waals surface area contributed by atoms with E-state index >= 15 is 0 Å². The van der Waals surface area contributed by atoms with Crippen molar-refractivity contribution in [3.05, 3.63) is 95.3 Å². The standard InChI is InChI=1S/C21H14FNO2S2/c22-16-12-10-15(11-13-16)14-20(27(24,25)17-6-2-1-3-7-17)21-23-18-8-4-5-9-19(18)26-21/h1-14H. The van der Waals surface area contributed by atoms with Crippen LogP contribution in [0.3, 0.4) is 0 Å². The predicted molar refractivity (Wildman–Crippen MR) is 108 cm³/mol. The molecule has 0 atom stereocenters. The van der Waals surface area contributed by atoms with Crippen LogP contribution in [0.2, 0.25) is 0 Å². The van der Waals surface area contributed by atoms with Crippen molar-refractivity contribution in [1.29, 1.82) is 0 Å². The van der Waals surface area contributed by atoms with Crippen molar-refractivity contribution in [3.8, 4) is 0 Å². The van der Waals surface area contributed by atoms with Crippen molar-refractivity contribution >= 4 is 42.4 Å². The third-order valence-corrected chi connectivity index (χ3v) is 7.00. The molecule has 1 aromatic heterocycles. The van der Waals surface area contributed by atoms with Gasteiger partial charge >= 0.3 is 0 Å². The number of sulfone groups is 1. The average molecular weight is 395 g/mol. The summed E-state index contributed by atoms with van der Waals surface area (Å²) in [6, 6.07) is 21.4. The van der Waals surface area contributed by atoms with Crippen LogP contribution in [-0.4, -0.2) is 13.4 Å². The van der Waals surface area contributed by atoms with Crippen molar-refractivity contribution in [2.45, 2.75) is 4.90 Å². The summed E-state index contributed by atoms with van der Waals surface area (Å²) in [5.41, 5.74) is 1.33. The molecule has 1 heterocycles. The molecule has 0 unspecified atom stereocenters. The van der Waals surface area contributed by atoms with Crippen LogP contribution in [0.1, 0.15) is 10.6 Å². The van der Waals surface area contributed by atoms with Crippen molar-refractivity contribution < 1.29 is 12.8 Å². The van der Waals surface area contributed by atoms with Gasteiger partial charge in [-0.15, -0.1) is 11.3 Å². The first-order chi connectivity index (χ1) is 13.0. The fraction of sp³-hybridized carbons (Fsp3) is 0. The molecule has 3 aromatic carbocycles. The zero-order valence-electron chi connectivity index (χ0n) is 14.0. The van der Waals surface area contributed by atoms with Gasteiger partial charge in [-0.05, 0) is 48.0 Å². The SMILES string of the molecule is O=S(=O)(C(=Cc1ccc(F)cc1)c1nc2ccccc2s1)c1ccccc1. The van der Waals surface area contributed by atoms with Crippen LogP contribution in [0.15, 0.2) is 83.8 Å². The lowest BCUT2D eigenvalue weighted by atomic mass is 10.2. The van der Waals surface area contributed by atoms with Crippen LogP contribution in [-0.2, 0) is 9.84 Å². The first-order valence-electron chi connectivity index (χ1n) is 8.17. The Hall–Kier alpha value is -2.83. The molecule has 4 aromatic rings. The van der Waals surface area contributed by atoms with Crippen LogP contribution in [0.5, 0.6) is 0 Å². The largest absolute Gasteiger partial charge is 0.235 e. The molecule has 0 fully saturated rings. The van der Waals surface area contributed by atoms with E-state index in [0.717, 1.165) is 10.2 Å². The molecule has 0 saturated carbocycles. The molecule has 0 saturated heterocycles. The van der Waals surface area contributed by atoms with Gasteiger partial charge in [-0.25, -0.2) is 17.8 Å². The Morgan fingerprint density at radius 3 is 2.26 bits per heavy atom. The molecular weight excluding hydrogens is 381 g/mol. The van der Waals surface area contributed by atoms with Gasteiger partial charge in [0.25, 0.3) is 0 Å². The third kappa shape index (κ3) is 3.54. The third-order valence-electron chi connectivity index (χ3n) is 4.02. The van der Waals surface area contributed by atoms with Crippen LogP contribution in [0.25, 0.3) is 21.2 Å². The summed E-state index contributed by atoms with van der Waals surface area (Å²) in [4.78, 5) is 4.81. The maximum absolute atomic E-state index is 13.3. The first kappa shape index (κ1) is 17.6. The zero-order valence-corrected chi connectivity index (χ0v) is 15.7. The second kappa shape index (κ2) is 7.06. The van der Waals surface area contributed by atoms with E-state index in [1.54, 1.807) is 48.5 Å². The minimum atomic E-state index is -3.79. The highest BCUT2D eigenvalue weighted by molar-refractivity contribution is 8.01. The molecule has 6 heteroatoms. The minimum absolute atomic E-state index is 0.0986. The number of benzene rings is 3. The lowest BCUT2D eigenvalue weighted by Crippen LogP contribution is -2.04. The van der Waals surface area contributed by atoms with Crippen LogP contribution >= 0.6 is 11.3 Å². The van der Waals surface area contributed by atoms with Gasteiger partial charge in [0.15, 0.2) is 0 Å². The number of fused-ring (bicyclic) bond motifs is 1. The summed E-state index contributed by atoms with van der Waals surface area (Å²) in [5.74, 6) is -0.375. The molecule has 3 nitrogen and oxygen atoms in total. The monoisotopic (exact) mass is 395 g/mol. The Bertz CT molecular complexity index is 1200.